The van der Waals surface area contributed by atoms with Crippen molar-refractivity contribution < 1.29 is 57.2 Å². The summed E-state index contributed by atoms with van der Waals surface area (Å²) in [4.78, 5) is 70.4. The molecule has 12 heteroatoms. The van der Waals surface area contributed by atoms with E-state index in [2.05, 4.69) is 26.3 Å². The van der Waals surface area contributed by atoms with Crippen LogP contribution in [-0.4, -0.2) is 61.9 Å². The fourth-order valence-electron chi connectivity index (χ4n) is 4.40. The molecule has 0 radical (unpaired) electrons. The molecule has 0 aliphatic heterocycles. The zero-order valence-corrected chi connectivity index (χ0v) is 33.9. The molecule has 0 aliphatic carbocycles. The minimum Gasteiger partial charge on any atom is -0.490 e. The van der Waals surface area contributed by atoms with Gasteiger partial charge in [0.1, 0.15) is 49.4 Å². The van der Waals surface area contributed by atoms with Gasteiger partial charge in [-0.2, -0.15) is 0 Å². The number of hydrogen-bond acceptors (Lipinski definition) is 12. The van der Waals surface area contributed by atoms with E-state index in [-0.39, 0.29) is 49.1 Å². The summed E-state index contributed by atoms with van der Waals surface area (Å²) < 4.78 is 31.1. The van der Waals surface area contributed by atoms with Gasteiger partial charge in [-0.1, -0.05) is 44.5 Å². The molecule has 0 aliphatic rings. The van der Waals surface area contributed by atoms with E-state index in [9.17, 15) is 28.8 Å². The number of rotatable bonds is 19. The molecule has 4 rings (SSSR count). The number of hydrogen-bond donors (Lipinski definition) is 0. The average molecular weight is 815 g/mol. The normalized spacial score (nSPS) is 10.2. The highest BCUT2D eigenvalue weighted by atomic mass is 16.6. The summed E-state index contributed by atoms with van der Waals surface area (Å²) in [5, 5.41) is 0. The number of ketones is 2. The summed E-state index contributed by atoms with van der Waals surface area (Å²) in [6, 6.07) is 26.3. The fourth-order valence-corrected chi connectivity index (χ4v) is 4.40. The van der Waals surface area contributed by atoms with Crippen molar-refractivity contribution in [3.63, 3.8) is 0 Å². The van der Waals surface area contributed by atoms with Crippen molar-refractivity contribution in [1.29, 1.82) is 0 Å². The van der Waals surface area contributed by atoms with Crippen LogP contribution in [0.3, 0.4) is 0 Å². The van der Waals surface area contributed by atoms with Gasteiger partial charge in [0.15, 0.2) is 11.6 Å². The summed E-state index contributed by atoms with van der Waals surface area (Å²) in [6.07, 6.45) is 3.20. The lowest BCUT2D eigenvalue weighted by atomic mass is 10.0. The molecule has 0 heterocycles. The van der Waals surface area contributed by atoms with Gasteiger partial charge in [0, 0.05) is 39.0 Å². The zero-order chi connectivity index (χ0) is 44.2. The van der Waals surface area contributed by atoms with Gasteiger partial charge >= 0.3 is 23.9 Å². The van der Waals surface area contributed by atoms with E-state index in [1.807, 2.05) is 12.1 Å². The first-order valence-corrected chi connectivity index (χ1v) is 18.4. The van der Waals surface area contributed by atoms with Crippen molar-refractivity contribution >= 4 is 41.5 Å². The Bertz CT molecular complexity index is 2170. The van der Waals surface area contributed by atoms with Crippen LogP contribution in [0, 0.1) is 0 Å². The van der Waals surface area contributed by atoms with E-state index >= 15 is 0 Å². The van der Waals surface area contributed by atoms with Gasteiger partial charge in [0.05, 0.1) is 0 Å². The first-order valence-electron chi connectivity index (χ1n) is 18.4. The Morgan fingerprint density at radius 1 is 0.433 bits per heavy atom. The van der Waals surface area contributed by atoms with E-state index in [0.717, 1.165) is 5.56 Å². The predicted molar refractivity (Wildman–Crippen MR) is 226 cm³/mol. The number of benzene rings is 4. The van der Waals surface area contributed by atoms with Gasteiger partial charge < -0.3 is 28.4 Å². The quantitative estimate of drug-likeness (QED) is 0.0293. The first-order chi connectivity index (χ1) is 28.5. The molecular weight excluding hydrogens is 769 g/mol. The van der Waals surface area contributed by atoms with Gasteiger partial charge in [0.25, 0.3) is 0 Å². The number of ether oxygens (including phenoxy) is 6. The van der Waals surface area contributed by atoms with Gasteiger partial charge in [0.2, 0.25) is 0 Å². The maximum absolute atomic E-state index is 12.5. The molecule has 0 aromatic heterocycles. The summed E-state index contributed by atoms with van der Waals surface area (Å²) >= 11 is 0. The topological polar surface area (TPSA) is 158 Å². The number of carbonyl (C=O) groups excluding carboxylic acids is 6. The Morgan fingerprint density at radius 3 is 1.13 bits per heavy atom. The molecule has 0 amide bonds. The molecule has 0 fully saturated rings. The third-order valence-corrected chi connectivity index (χ3v) is 7.66. The van der Waals surface area contributed by atoms with Crippen molar-refractivity contribution in [1.82, 2.24) is 0 Å². The molecule has 0 saturated carbocycles. The van der Waals surface area contributed by atoms with E-state index in [1.165, 1.54) is 30.3 Å². The van der Waals surface area contributed by atoms with Crippen LogP contribution in [0.5, 0.6) is 23.0 Å². The molecule has 0 atom stereocenters. The molecule has 0 N–H and O–H groups in total. The van der Waals surface area contributed by atoms with Crippen LogP contribution in [0.15, 0.2) is 152 Å². The minimum absolute atomic E-state index is 0.113. The van der Waals surface area contributed by atoms with E-state index in [4.69, 9.17) is 28.4 Å². The molecule has 4 aromatic carbocycles. The van der Waals surface area contributed by atoms with Crippen LogP contribution >= 0.6 is 0 Å². The third kappa shape index (κ3) is 16.1. The number of carbonyl (C=O) groups is 6. The summed E-state index contributed by atoms with van der Waals surface area (Å²) in [5.74, 6) is -0.461. The summed E-state index contributed by atoms with van der Waals surface area (Å²) in [7, 11) is 0. The highest BCUT2D eigenvalue weighted by Crippen LogP contribution is 2.20. The second kappa shape index (κ2) is 23.6. The monoisotopic (exact) mass is 814 g/mol. The van der Waals surface area contributed by atoms with Gasteiger partial charge in [-0.3, -0.25) is 9.59 Å². The number of esters is 4. The Morgan fingerprint density at radius 2 is 0.767 bits per heavy atom. The fraction of sp³-hybridized carbons (Fsp3) is 0.167. The van der Waals surface area contributed by atoms with Crippen LogP contribution < -0.4 is 18.9 Å². The molecule has 4 aromatic rings. The lowest BCUT2D eigenvalue weighted by molar-refractivity contribution is -0.140. The van der Waals surface area contributed by atoms with Crippen LogP contribution in [-0.2, 0) is 28.7 Å². The van der Waals surface area contributed by atoms with Crippen LogP contribution in [0.4, 0.5) is 0 Å². The minimum atomic E-state index is -0.524. The van der Waals surface area contributed by atoms with Crippen molar-refractivity contribution in [2.75, 3.05) is 26.4 Å². The smallest absolute Gasteiger partial charge is 0.338 e. The maximum Gasteiger partial charge on any atom is 0.338 e. The lowest BCUT2D eigenvalue weighted by Crippen LogP contribution is -2.12. The Kier molecular flexibility index (Phi) is 18.4. The number of allylic oxidation sites excluding steroid dienone is 1. The third-order valence-electron chi connectivity index (χ3n) is 7.66. The molecule has 0 unspecified atom stereocenters. The molecule has 12 nitrogen and oxygen atoms in total. The van der Waals surface area contributed by atoms with E-state index in [0.29, 0.717) is 50.8 Å². The second-order valence-corrected chi connectivity index (χ2v) is 13.0. The molecule has 310 valence electrons. The second-order valence-electron chi connectivity index (χ2n) is 13.0. The SMILES string of the molecule is C=C(C)C(=O)OCCOc1ccc(/C=C/C(=O)c2ccc(OCCOC(=O)C(=C)C)cc2)cc1.C=C(C)C(=O)Oc1ccc(C(=O)c2ccc(OC(=O)C(=C)C)cc2)cc1. The van der Waals surface area contributed by atoms with Crippen molar-refractivity contribution in [3.8, 4) is 23.0 Å². The van der Waals surface area contributed by atoms with E-state index in [1.54, 1.807) is 94.4 Å². The average Bonchev–Trinajstić information content (AvgIpc) is 3.23. The standard InChI is InChI=1S/C27H28O7.C21H18O5/c1-19(2)26(29)33-17-15-31-23-10-5-21(6-11-23)7-14-25(28)22-8-12-24(13-9-22)32-16-18-34-27(30)20(3)4;1-13(2)20(23)25-17-9-5-15(6-10-17)19(22)16-7-11-18(12-8-16)26-21(24)14(3)4/h5-14H,1,3,15-18H2,2,4H3;5-12H,1,3H2,2,4H3/b14-7+;. The predicted octanol–water partition coefficient (Wildman–Crippen LogP) is 8.46. The maximum atomic E-state index is 12.5. The Balaban J connectivity index is 0.000000332. The zero-order valence-electron chi connectivity index (χ0n) is 33.9. The molecule has 0 bridgehead atoms. The molecule has 0 saturated heterocycles. The van der Waals surface area contributed by atoms with Crippen molar-refractivity contribution in [2.45, 2.75) is 27.7 Å². The highest BCUT2D eigenvalue weighted by Gasteiger charge is 2.13. The van der Waals surface area contributed by atoms with Gasteiger partial charge in [-0.05, 0) is 124 Å². The Labute approximate surface area is 349 Å². The Hall–Kier alpha value is -7.60. The van der Waals surface area contributed by atoms with Crippen molar-refractivity contribution in [3.05, 3.63) is 174 Å². The van der Waals surface area contributed by atoms with Gasteiger partial charge in [-0.25, -0.2) is 19.2 Å². The van der Waals surface area contributed by atoms with E-state index < -0.39 is 23.9 Å². The highest BCUT2D eigenvalue weighted by molar-refractivity contribution is 6.09. The lowest BCUT2D eigenvalue weighted by Gasteiger charge is -2.08. The van der Waals surface area contributed by atoms with Gasteiger partial charge in [-0.15, -0.1) is 0 Å². The summed E-state index contributed by atoms with van der Waals surface area (Å²) in [6.45, 7) is 21.0. The van der Waals surface area contributed by atoms with Crippen molar-refractivity contribution in [2.24, 2.45) is 0 Å². The molecule has 60 heavy (non-hydrogen) atoms. The van der Waals surface area contributed by atoms with Crippen LogP contribution in [0.25, 0.3) is 6.08 Å². The van der Waals surface area contributed by atoms with Crippen LogP contribution in [0.2, 0.25) is 0 Å². The summed E-state index contributed by atoms with van der Waals surface area (Å²) in [5.41, 5.74) is 3.47. The largest absolute Gasteiger partial charge is 0.490 e. The molecule has 0 spiro atoms. The first kappa shape index (κ1) is 46.8. The molecular formula is C48H46O12. The van der Waals surface area contributed by atoms with Crippen LogP contribution in [0.1, 0.15) is 59.5 Å².